The predicted octanol–water partition coefficient (Wildman–Crippen LogP) is 0.178. The monoisotopic (exact) mass is 317 g/mol. The van der Waals surface area contributed by atoms with Crippen LogP contribution >= 0.6 is 11.6 Å². The Hall–Kier alpha value is -1.75. The minimum Gasteiger partial charge on any atom is -0.307 e. The van der Waals surface area contributed by atoms with Gasteiger partial charge in [0.25, 0.3) is 0 Å². The lowest BCUT2D eigenvalue weighted by Crippen LogP contribution is -2.27. The number of nitrogens with two attached hydrogens (primary N) is 1. The Morgan fingerprint density at radius 3 is 2.75 bits per heavy atom. The zero-order valence-corrected chi connectivity index (χ0v) is 11.9. The Bertz CT molecular complexity index is 688. The van der Waals surface area contributed by atoms with Gasteiger partial charge in [-0.1, -0.05) is 11.6 Å². The summed E-state index contributed by atoms with van der Waals surface area (Å²) >= 11 is 5.85. The molecular formula is C9H12ClN7O2S. The number of pyridine rings is 1. The average Bonchev–Trinajstić information content (AvgIpc) is 2.92. The van der Waals surface area contributed by atoms with E-state index in [2.05, 4.69) is 30.3 Å². The largest absolute Gasteiger partial charge is 0.307 e. The molecule has 0 aliphatic heterocycles. The van der Waals surface area contributed by atoms with Crippen molar-refractivity contribution in [1.82, 2.24) is 24.9 Å². The molecule has 0 spiro atoms. The first-order valence-corrected chi connectivity index (χ1v) is 7.30. The number of hydrogen-bond donors (Lipinski definition) is 4. The van der Waals surface area contributed by atoms with Gasteiger partial charge in [-0.2, -0.15) is 5.10 Å². The third-order valence-corrected chi connectivity index (χ3v) is 4.23. The van der Waals surface area contributed by atoms with Crippen LogP contribution < -0.4 is 16.0 Å². The highest BCUT2D eigenvalue weighted by Crippen LogP contribution is 2.22. The minimum atomic E-state index is -3.79. The van der Waals surface area contributed by atoms with Gasteiger partial charge in [0.05, 0.1) is 11.1 Å². The summed E-state index contributed by atoms with van der Waals surface area (Å²) in [7, 11) is -3.79. The number of nitrogen functional groups attached to an aromatic ring is 1. The van der Waals surface area contributed by atoms with Crippen molar-refractivity contribution in [2.45, 2.75) is 17.9 Å². The van der Waals surface area contributed by atoms with Gasteiger partial charge in [-0.3, -0.25) is 5.10 Å². The average molecular weight is 318 g/mol. The van der Waals surface area contributed by atoms with Crippen LogP contribution in [0.15, 0.2) is 23.5 Å². The fraction of sp³-hybridized carbons (Fsp3) is 0.222. The third kappa shape index (κ3) is 3.04. The van der Waals surface area contributed by atoms with E-state index in [0.29, 0.717) is 5.82 Å². The van der Waals surface area contributed by atoms with E-state index < -0.39 is 16.1 Å². The standard InChI is InChI=1S/C9H12ClN7O2S/c1-5(8-13-4-14-16-8)17-20(18,19)6-2-7(10)9(15-11)12-3-6/h2-5,17H,11H2,1H3,(H,12,15)(H,13,14,16). The zero-order valence-electron chi connectivity index (χ0n) is 10.3. The van der Waals surface area contributed by atoms with Gasteiger partial charge >= 0.3 is 0 Å². The number of aromatic amines is 1. The summed E-state index contributed by atoms with van der Waals surface area (Å²) in [6, 6.07) is 0.674. The van der Waals surface area contributed by atoms with E-state index in [1.165, 1.54) is 12.4 Å². The van der Waals surface area contributed by atoms with E-state index in [1.54, 1.807) is 6.92 Å². The van der Waals surface area contributed by atoms with Gasteiger partial charge in [0.1, 0.15) is 17.0 Å². The van der Waals surface area contributed by atoms with Crippen LogP contribution in [0.25, 0.3) is 0 Å². The number of H-pyrrole nitrogens is 1. The topological polar surface area (TPSA) is 139 Å². The fourth-order valence-corrected chi connectivity index (χ4v) is 2.92. The molecule has 0 saturated heterocycles. The number of nitrogens with one attached hydrogen (secondary N) is 3. The molecule has 0 fully saturated rings. The molecule has 0 aliphatic carbocycles. The molecule has 0 saturated carbocycles. The second-order valence-electron chi connectivity index (χ2n) is 3.86. The maximum atomic E-state index is 12.2. The summed E-state index contributed by atoms with van der Waals surface area (Å²) in [6.45, 7) is 1.63. The van der Waals surface area contributed by atoms with Crippen LogP contribution in [-0.4, -0.2) is 28.6 Å². The number of aromatic nitrogens is 4. The molecule has 2 aromatic rings. The number of nitrogens with zero attached hydrogens (tertiary/aromatic N) is 3. The highest BCUT2D eigenvalue weighted by Gasteiger charge is 2.21. The second kappa shape index (κ2) is 5.71. The van der Waals surface area contributed by atoms with Crippen molar-refractivity contribution in [2.24, 2.45) is 5.84 Å². The number of hydrogen-bond acceptors (Lipinski definition) is 7. The molecule has 1 unspecified atom stereocenters. The van der Waals surface area contributed by atoms with Crippen LogP contribution in [0.5, 0.6) is 0 Å². The Balaban J connectivity index is 2.24. The third-order valence-electron chi connectivity index (χ3n) is 2.44. The number of rotatable bonds is 5. The van der Waals surface area contributed by atoms with Crippen LogP contribution in [0.1, 0.15) is 18.8 Å². The molecule has 0 aromatic carbocycles. The summed E-state index contributed by atoms with van der Waals surface area (Å²) in [6.07, 6.45) is 2.44. The first kappa shape index (κ1) is 14.7. The van der Waals surface area contributed by atoms with Gasteiger partial charge in [0.2, 0.25) is 10.0 Å². The highest BCUT2D eigenvalue weighted by molar-refractivity contribution is 7.89. The zero-order chi connectivity index (χ0) is 14.8. The van der Waals surface area contributed by atoms with Gasteiger partial charge in [0.15, 0.2) is 5.82 Å². The van der Waals surface area contributed by atoms with Crippen molar-refractivity contribution in [2.75, 3.05) is 5.43 Å². The molecule has 2 aromatic heterocycles. The lowest BCUT2D eigenvalue weighted by atomic mass is 10.3. The molecule has 20 heavy (non-hydrogen) atoms. The van der Waals surface area contributed by atoms with Crippen molar-refractivity contribution in [3.63, 3.8) is 0 Å². The lowest BCUT2D eigenvalue weighted by Gasteiger charge is -2.12. The van der Waals surface area contributed by atoms with E-state index >= 15 is 0 Å². The minimum absolute atomic E-state index is 0.0761. The number of sulfonamides is 1. The van der Waals surface area contributed by atoms with E-state index in [4.69, 9.17) is 17.4 Å². The molecule has 1 atom stereocenters. The van der Waals surface area contributed by atoms with Crippen LogP contribution in [0.2, 0.25) is 5.02 Å². The summed E-state index contributed by atoms with van der Waals surface area (Å²) in [4.78, 5) is 7.61. The summed E-state index contributed by atoms with van der Waals surface area (Å²) < 4.78 is 26.8. The number of hydrazine groups is 1. The normalized spacial score (nSPS) is 13.2. The Morgan fingerprint density at radius 1 is 1.45 bits per heavy atom. The van der Waals surface area contributed by atoms with Crippen LogP contribution in [0, 0.1) is 0 Å². The van der Waals surface area contributed by atoms with Crippen LogP contribution in [0.4, 0.5) is 5.82 Å². The first-order chi connectivity index (χ1) is 9.44. The fourth-order valence-electron chi connectivity index (χ4n) is 1.45. The van der Waals surface area contributed by atoms with Crippen molar-refractivity contribution in [1.29, 1.82) is 0 Å². The van der Waals surface area contributed by atoms with E-state index in [1.807, 2.05) is 0 Å². The van der Waals surface area contributed by atoms with E-state index in [0.717, 1.165) is 6.20 Å². The molecule has 0 bridgehead atoms. The van der Waals surface area contributed by atoms with E-state index in [9.17, 15) is 8.42 Å². The maximum Gasteiger partial charge on any atom is 0.242 e. The van der Waals surface area contributed by atoms with Crippen molar-refractivity contribution < 1.29 is 8.42 Å². The molecule has 5 N–H and O–H groups in total. The number of anilines is 1. The molecule has 0 amide bonds. The van der Waals surface area contributed by atoms with Gasteiger partial charge in [-0.15, -0.1) is 0 Å². The molecule has 2 heterocycles. The second-order valence-corrected chi connectivity index (χ2v) is 5.98. The number of halogens is 1. The molecule has 2 rings (SSSR count). The molecule has 108 valence electrons. The molecule has 11 heteroatoms. The van der Waals surface area contributed by atoms with Gasteiger partial charge in [-0.05, 0) is 13.0 Å². The van der Waals surface area contributed by atoms with Crippen molar-refractivity contribution in [3.05, 3.63) is 29.4 Å². The van der Waals surface area contributed by atoms with Gasteiger partial charge in [0, 0.05) is 6.20 Å². The SMILES string of the molecule is CC(NS(=O)(=O)c1cnc(NN)c(Cl)c1)c1ncn[nH]1. The molecule has 0 radical (unpaired) electrons. The first-order valence-electron chi connectivity index (χ1n) is 5.44. The van der Waals surface area contributed by atoms with Crippen LogP contribution in [0.3, 0.4) is 0 Å². The van der Waals surface area contributed by atoms with E-state index in [-0.39, 0.29) is 15.7 Å². The summed E-state index contributed by atoms with van der Waals surface area (Å²) in [5.74, 6) is 5.76. The molecule has 0 aliphatic rings. The van der Waals surface area contributed by atoms with Gasteiger partial charge in [-0.25, -0.2) is 29.0 Å². The lowest BCUT2D eigenvalue weighted by molar-refractivity contribution is 0.560. The highest BCUT2D eigenvalue weighted by atomic mass is 35.5. The Kier molecular flexibility index (Phi) is 4.18. The smallest absolute Gasteiger partial charge is 0.242 e. The quantitative estimate of drug-likeness (QED) is 0.455. The molecular weight excluding hydrogens is 306 g/mol. The Morgan fingerprint density at radius 2 is 2.20 bits per heavy atom. The Labute approximate surface area is 120 Å². The summed E-state index contributed by atoms with van der Waals surface area (Å²) in [5, 5.41) is 6.34. The van der Waals surface area contributed by atoms with Crippen molar-refractivity contribution >= 4 is 27.4 Å². The van der Waals surface area contributed by atoms with Gasteiger partial charge < -0.3 is 5.43 Å². The van der Waals surface area contributed by atoms with Crippen molar-refractivity contribution in [3.8, 4) is 0 Å². The molecule has 9 nitrogen and oxygen atoms in total. The predicted molar refractivity (Wildman–Crippen MR) is 72.2 cm³/mol. The summed E-state index contributed by atoms with van der Waals surface area (Å²) in [5.41, 5.74) is 2.26. The van der Waals surface area contributed by atoms with Crippen LogP contribution in [-0.2, 0) is 10.0 Å². The maximum absolute atomic E-state index is 12.2.